The molecule has 5 heteroatoms. The van der Waals surface area contributed by atoms with Gasteiger partial charge >= 0.3 is 0 Å². The van der Waals surface area contributed by atoms with E-state index in [9.17, 15) is 0 Å². The van der Waals surface area contributed by atoms with Crippen molar-refractivity contribution in [2.75, 3.05) is 5.73 Å². The van der Waals surface area contributed by atoms with Crippen molar-refractivity contribution in [2.45, 2.75) is 59.2 Å². The van der Waals surface area contributed by atoms with Gasteiger partial charge in [-0.15, -0.1) is 0 Å². The molecule has 1 aliphatic rings. The minimum Gasteiger partial charge on any atom is -0.473 e. The summed E-state index contributed by atoms with van der Waals surface area (Å²) < 4.78 is 11.6. The summed E-state index contributed by atoms with van der Waals surface area (Å²) in [6.07, 6.45) is 5.01. The van der Waals surface area contributed by atoms with Crippen LogP contribution in [0.15, 0.2) is 6.33 Å². The van der Waals surface area contributed by atoms with Gasteiger partial charge in [-0.1, -0.05) is 13.8 Å². The monoisotopic (exact) mass is 279 g/mol. The molecule has 0 aromatic carbocycles. The smallest absolute Gasteiger partial charge is 0.244 e. The largest absolute Gasteiger partial charge is 0.473 e. The molecule has 2 unspecified atom stereocenters. The number of nitrogens with two attached hydrogens (primary N) is 1. The fourth-order valence-corrected chi connectivity index (χ4v) is 2.90. The molecule has 0 radical (unpaired) electrons. The van der Waals surface area contributed by atoms with E-state index in [0.717, 1.165) is 12.8 Å². The highest BCUT2D eigenvalue weighted by Gasteiger charge is 2.26. The van der Waals surface area contributed by atoms with Crippen LogP contribution in [0, 0.1) is 11.8 Å². The van der Waals surface area contributed by atoms with Gasteiger partial charge in [0.1, 0.15) is 12.4 Å². The molecule has 0 aliphatic heterocycles. The third kappa shape index (κ3) is 3.74. The molecule has 112 valence electrons. The second kappa shape index (κ2) is 6.29. The van der Waals surface area contributed by atoms with Gasteiger partial charge in [-0.2, -0.15) is 9.97 Å². The zero-order valence-corrected chi connectivity index (χ0v) is 12.8. The molecule has 2 rings (SSSR count). The van der Waals surface area contributed by atoms with Crippen LogP contribution in [0.2, 0.25) is 0 Å². The first-order valence-corrected chi connectivity index (χ1v) is 7.39. The van der Waals surface area contributed by atoms with Crippen molar-refractivity contribution in [3.63, 3.8) is 0 Å². The molecule has 0 spiro atoms. The molecule has 0 saturated heterocycles. The first kappa shape index (κ1) is 14.9. The van der Waals surface area contributed by atoms with Gasteiger partial charge in [-0.25, -0.2) is 0 Å². The summed E-state index contributed by atoms with van der Waals surface area (Å²) >= 11 is 0. The second-order valence-corrected chi connectivity index (χ2v) is 6.22. The highest BCUT2D eigenvalue weighted by Crippen LogP contribution is 2.34. The van der Waals surface area contributed by atoms with E-state index < -0.39 is 0 Å². The highest BCUT2D eigenvalue weighted by atomic mass is 16.5. The van der Waals surface area contributed by atoms with E-state index in [1.807, 2.05) is 13.8 Å². The van der Waals surface area contributed by atoms with Crippen LogP contribution in [-0.2, 0) is 0 Å². The molecular weight excluding hydrogens is 254 g/mol. The van der Waals surface area contributed by atoms with Gasteiger partial charge in [0, 0.05) is 0 Å². The lowest BCUT2D eigenvalue weighted by Crippen LogP contribution is -2.29. The molecule has 2 N–H and O–H groups in total. The normalized spacial score (nSPS) is 26.6. The standard InChI is InChI=1S/C15H25N3O2/c1-9(2)19-14-13(16)15(18-8-17-14)20-12-6-10(3)5-11(4)7-12/h8-12H,5-7,16H2,1-4H3. The molecule has 1 aromatic rings. The molecule has 0 bridgehead atoms. The van der Waals surface area contributed by atoms with E-state index in [2.05, 4.69) is 23.8 Å². The average molecular weight is 279 g/mol. The number of hydrogen-bond acceptors (Lipinski definition) is 5. The van der Waals surface area contributed by atoms with Gasteiger partial charge in [0.2, 0.25) is 11.8 Å². The second-order valence-electron chi connectivity index (χ2n) is 6.22. The van der Waals surface area contributed by atoms with Gasteiger partial charge in [0.15, 0.2) is 5.69 Å². The zero-order valence-electron chi connectivity index (χ0n) is 12.8. The third-order valence-electron chi connectivity index (χ3n) is 3.57. The van der Waals surface area contributed by atoms with Crippen molar-refractivity contribution in [1.82, 2.24) is 9.97 Å². The lowest BCUT2D eigenvalue weighted by atomic mass is 9.82. The minimum atomic E-state index is 0.0229. The third-order valence-corrected chi connectivity index (χ3v) is 3.57. The predicted octanol–water partition coefficient (Wildman–Crippen LogP) is 3.05. The zero-order chi connectivity index (χ0) is 14.7. The molecule has 1 heterocycles. The maximum Gasteiger partial charge on any atom is 0.244 e. The molecule has 0 amide bonds. The Morgan fingerprint density at radius 2 is 1.70 bits per heavy atom. The Kier molecular flexibility index (Phi) is 4.68. The first-order chi connectivity index (χ1) is 9.45. The SMILES string of the molecule is CC1CC(C)CC(Oc2ncnc(OC(C)C)c2N)C1. The molecular formula is C15H25N3O2. The number of aromatic nitrogens is 2. The molecule has 1 fully saturated rings. The van der Waals surface area contributed by atoms with Crippen LogP contribution in [0.25, 0.3) is 0 Å². The summed E-state index contributed by atoms with van der Waals surface area (Å²) in [4.78, 5) is 8.22. The Balaban J connectivity index is 2.09. The fraction of sp³-hybridized carbons (Fsp3) is 0.733. The van der Waals surface area contributed by atoms with Crippen molar-refractivity contribution >= 4 is 5.69 Å². The van der Waals surface area contributed by atoms with Crippen molar-refractivity contribution < 1.29 is 9.47 Å². The first-order valence-electron chi connectivity index (χ1n) is 7.39. The lowest BCUT2D eigenvalue weighted by molar-refractivity contribution is 0.0967. The Hall–Kier alpha value is -1.52. The van der Waals surface area contributed by atoms with E-state index in [4.69, 9.17) is 15.2 Å². The summed E-state index contributed by atoms with van der Waals surface area (Å²) in [5.41, 5.74) is 6.44. The summed E-state index contributed by atoms with van der Waals surface area (Å²) in [6.45, 7) is 8.41. The molecule has 1 aliphatic carbocycles. The van der Waals surface area contributed by atoms with Crippen molar-refractivity contribution in [3.05, 3.63) is 6.33 Å². The predicted molar refractivity (Wildman–Crippen MR) is 78.8 cm³/mol. The summed E-state index contributed by atoms with van der Waals surface area (Å²) in [5.74, 6) is 2.21. The number of rotatable bonds is 4. The van der Waals surface area contributed by atoms with Crippen LogP contribution in [0.1, 0.15) is 47.0 Å². The Bertz CT molecular complexity index is 441. The number of nitrogen functional groups attached to an aromatic ring is 1. The van der Waals surface area contributed by atoms with E-state index >= 15 is 0 Å². The molecule has 20 heavy (non-hydrogen) atoms. The van der Waals surface area contributed by atoms with Crippen molar-refractivity contribution in [1.29, 1.82) is 0 Å². The van der Waals surface area contributed by atoms with Crippen LogP contribution in [0.5, 0.6) is 11.8 Å². The van der Waals surface area contributed by atoms with E-state index in [1.54, 1.807) is 0 Å². The van der Waals surface area contributed by atoms with Crippen LogP contribution < -0.4 is 15.2 Å². The average Bonchev–Trinajstić information content (AvgIpc) is 2.32. The molecule has 2 atom stereocenters. The number of anilines is 1. The summed E-state index contributed by atoms with van der Waals surface area (Å²) in [5, 5.41) is 0. The molecule has 1 saturated carbocycles. The minimum absolute atomic E-state index is 0.0229. The summed E-state index contributed by atoms with van der Waals surface area (Å²) in [6, 6.07) is 0. The number of nitrogens with zero attached hydrogens (tertiary/aromatic N) is 2. The highest BCUT2D eigenvalue weighted by molar-refractivity contribution is 5.55. The topological polar surface area (TPSA) is 70.3 Å². The van der Waals surface area contributed by atoms with Crippen LogP contribution >= 0.6 is 0 Å². The van der Waals surface area contributed by atoms with Crippen LogP contribution in [0.3, 0.4) is 0 Å². The number of hydrogen-bond donors (Lipinski definition) is 1. The summed E-state index contributed by atoms with van der Waals surface area (Å²) in [7, 11) is 0. The maximum absolute atomic E-state index is 6.04. The Morgan fingerprint density at radius 3 is 2.30 bits per heavy atom. The maximum atomic E-state index is 6.04. The van der Waals surface area contributed by atoms with Gasteiger partial charge in [0.05, 0.1) is 6.10 Å². The van der Waals surface area contributed by atoms with Crippen molar-refractivity contribution in [2.24, 2.45) is 11.8 Å². The van der Waals surface area contributed by atoms with Crippen molar-refractivity contribution in [3.8, 4) is 11.8 Å². The number of ether oxygens (including phenoxy) is 2. The van der Waals surface area contributed by atoms with Gasteiger partial charge in [-0.3, -0.25) is 0 Å². The molecule has 5 nitrogen and oxygen atoms in total. The Labute approximate surface area is 120 Å². The van der Waals surface area contributed by atoms with Crippen LogP contribution in [-0.4, -0.2) is 22.2 Å². The van der Waals surface area contributed by atoms with Crippen LogP contribution in [0.4, 0.5) is 5.69 Å². The van der Waals surface area contributed by atoms with Gasteiger partial charge in [-0.05, 0) is 44.9 Å². The Morgan fingerprint density at radius 1 is 1.10 bits per heavy atom. The van der Waals surface area contributed by atoms with E-state index in [0.29, 0.717) is 29.3 Å². The lowest BCUT2D eigenvalue weighted by Gasteiger charge is -2.31. The fourth-order valence-electron chi connectivity index (χ4n) is 2.90. The molecule has 1 aromatic heterocycles. The van der Waals surface area contributed by atoms with E-state index in [1.165, 1.54) is 12.7 Å². The van der Waals surface area contributed by atoms with Gasteiger partial charge < -0.3 is 15.2 Å². The van der Waals surface area contributed by atoms with Gasteiger partial charge in [0.25, 0.3) is 0 Å². The quantitative estimate of drug-likeness (QED) is 0.917. The van der Waals surface area contributed by atoms with E-state index in [-0.39, 0.29) is 12.2 Å².